The van der Waals surface area contributed by atoms with Gasteiger partial charge in [0.1, 0.15) is 5.75 Å². The van der Waals surface area contributed by atoms with Crippen LogP contribution in [0.25, 0.3) is 0 Å². The lowest BCUT2D eigenvalue weighted by molar-refractivity contribution is 0.0676. The molecule has 0 spiro atoms. The topological polar surface area (TPSA) is 78.9 Å². The number of carbonyl (C=O) groups is 2. The Kier molecular flexibility index (Phi) is 5.35. The summed E-state index contributed by atoms with van der Waals surface area (Å²) in [7, 11) is 0. The van der Waals surface area contributed by atoms with Crippen molar-refractivity contribution in [3.8, 4) is 5.75 Å². The summed E-state index contributed by atoms with van der Waals surface area (Å²) in [4.78, 5) is 26.4. The summed E-state index contributed by atoms with van der Waals surface area (Å²) in [5.41, 5.74) is 2.35. The average molecular weight is 332 g/mol. The van der Waals surface area contributed by atoms with Crippen LogP contribution in [-0.4, -0.2) is 41.6 Å². The van der Waals surface area contributed by atoms with E-state index in [1.807, 2.05) is 4.90 Å². The number of amides is 2. The van der Waals surface area contributed by atoms with Crippen molar-refractivity contribution in [3.05, 3.63) is 29.3 Å². The van der Waals surface area contributed by atoms with Gasteiger partial charge in [-0.25, -0.2) is 5.48 Å². The molecule has 130 valence electrons. The number of hydroxylamine groups is 1. The van der Waals surface area contributed by atoms with Crippen molar-refractivity contribution < 1.29 is 19.5 Å². The molecule has 2 N–H and O–H groups in total. The number of hydrogen-bond donors (Lipinski definition) is 2. The van der Waals surface area contributed by atoms with E-state index in [1.54, 1.807) is 11.5 Å². The van der Waals surface area contributed by atoms with E-state index >= 15 is 0 Å². The third kappa shape index (κ3) is 3.70. The van der Waals surface area contributed by atoms with E-state index in [9.17, 15) is 9.59 Å². The Balaban J connectivity index is 1.80. The third-order valence-corrected chi connectivity index (χ3v) is 4.90. The fourth-order valence-electron chi connectivity index (χ4n) is 3.59. The molecule has 2 aliphatic rings. The van der Waals surface area contributed by atoms with Gasteiger partial charge in [0.2, 0.25) is 0 Å². The van der Waals surface area contributed by atoms with Gasteiger partial charge in [0, 0.05) is 18.7 Å². The lowest BCUT2D eigenvalue weighted by Crippen LogP contribution is -2.38. The lowest BCUT2D eigenvalue weighted by Gasteiger charge is -2.31. The molecule has 2 amide bonds. The Bertz CT molecular complexity index is 611. The highest BCUT2D eigenvalue weighted by atomic mass is 16.5. The van der Waals surface area contributed by atoms with Crippen LogP contribution in [-0.2, 0) is 0 Å². The van der Waals surface area contributed by atoms with Crippen LogP contribution in [0.15, 0.2) is 18.2 Å². The molecular weight excluding hydrogens is 308 g/mol. The van der Waals surface area contributed by atoms with E-state index in [4.69, 9.17) is 9.94 Å². The van der Waals surface area contributed by atoms with E-state index in [1.165, 1.54) is 44.2 Å². The number of benzene rings is 1. The molecule has 0 unspecified atom stereocenters. The predicted octanol–water partition coefficient (Wildman–Crippen LogP) is 2.61. The van der Waals surface area contributed by atoms with E-state index in [0.29, 0.717) is 30.4 Å². The van der Waals surface area contributed by atoms with Gasteiger partial charge in [0.25, 0.3) is 11.8 Å². The molecule has 6 heteroatoms. The number of nitrogens with zero attached hydrogens (tertiary/aromatic N) is 1. The normalized spacial score (nSPS) is 19.0. The fraction of sp³-hybridized carbons (Fsp3) is 0.556. The van der Waals surface area contributed by atoms with Crippen molar-refractivity contribution in [1.82, 2.24) is 10.4 Å². The van der Waals surface area contributed by atoms with Crippen LogP contribution in [0.3, 0.4) is 0 Å². The minimum atomic E-state index is -0.616. The zero-order valence-corrected chi connectivity index (χ0v) is 13.8. The third-order valence-electron chi connectivity index (χ3n) is 4.90. The highest BCUT2D eigenvalue weighted by Gasteiger charge is 2.26. The van der Waals surface area contributed by atoms with Crippen molar-refractivity contribution in [2.24, 2.45) is 5.92 Å². The molecule has 1 aliphatic carbocycles. The molecule has 24 heavy (non-hydrogen) atoms. The van der Waals surface area contributed by atoms with Gasteiger partial charge >= 0.3 is 0 Å². The maximum Gasteiger partial charge on any atom is 0.274 e. The Morgan fingerprint density at radius 1 is 1.25 bits per heavy atom. The molecule has 0 saturated heterocycles. The van der Waals surface area contributed by atoms with Crippen LogP contribution in [0.5, 0.6) is 5.75 Å². The highest BCUT2D eigenvalue weighted by Crippen LogP contribution is 2.28. The zero-order chi connectivity index (χ0) is 16.9. The quantitative estimate of drug-likeness (QED) is 0.659. The van der Waals surface area contributed by atoms with Gasteiger partial charge < -0.3 is 9.64 Å². The summed E-state index contributed by atoms with van der Waals surface area (Å²) < 4.78 is 5.66. The first kappa shape index (κ1) is 16.8. The average Bonchev–Trinajstić information content (AvgIpc) is 2.62. The van der Waals surface area contributed by atoms with E-state index in [2.05, 4.69) is 0 Å². The van der Waals surface area contributed by atoms with Crippen molar-refractivity contribution in [1.29, 1.82) is 0 Å². The molecule has 0 radical (unpaired) electrons. The number of fused-ring (bicyclic) bond motifs is 1. The van der Waals surface area contributed by atoms with Crippen molar-refractivity contribution in [2.45, 2.75) is 38.5 Å². The summed E-state index contributed by atoms with van der Waals surface area (Å²) in [6.07, 6.45) is 6.98. The largest absolute Gasteiger partial charge is 0.493 e. The SMILES string of the molecule is O=C(NO)c1ccc2c(c1)OCCCN(CC1CCCCC1)C2=O. The van der Waals surface area contributed by atoms with Crippen molar-refractivity contribution in [3.63, 3.8) is 0 Å². The van der Waals surface area contributed by atoms with Gasteiger partial charge in [-0.2, -0.15) is 0 Å². The highest BCUT2D eigenvalue weighted by molar-refractivity contribution is 6.00. The molecule has 1 fully saturated rings. The lowest BCUT2D eigenvalue weighted by atomic mass is 9.88. The maximum atomic E-state index is 12.9. The molecule has 0 bridgehead atoms. The van der Waals surface area contributed by atoms with Crippen LogP contribution < -0.4 is 10.2 Å². The molecule has 6 nitrogen and oxygen atoms in total. The molecule has 3 rings (SSSR count). The van der Waals surface area contributed by atoms with Crippen LogP contribution >= 0.6 is 0 Å². The second-order valence-electron chi connectivity index (χ2n) is 6.61. The zero-order valence-electron chi connectivity index (χ0n) is 13.8. The number of carbonyl (C=O) groups excluding carboxylic acids is 2. The maximum absolute atomic E-state index is 12.9. The van der Waals surface area contributed by atoms with Crippen LogP contribution in [0.2, 0.25) is 0 Å². The minimum Gasteiger partial charge on any atom is -0.493 e. The molecule has 1 aromatic carbocycles. The molecule has 1 saturated carbocycles. The Labute approximate surface area is 141 Å². The summed E-state index contributed by atoms with van der Waals surface area (Å²) in [5, 5.41) is 8.75. The fourth-order valence-corrected chi connectivity index (χ4v) is 3.59. The molecule has 1 aromatic rings. The van der Waals surface area contributed by atoms with Crippen molar-refractivity contribution in [2.75, 3.05) is 19.7 Å². The first-order valence-electron chi connectivity index (χ1n) is 8.69. The van der Waals surface area contributed by atoms with Crippen molar-refractivity contribution >= 4 is 11.8 Å². The second-order valence-corrected chi connectivity index (χ2v) is 6.61. The van der Waals surface area contributed by atoms with E-state index in [0.717, 1.165) is 13.0 Å². The molecule has 0 atom stereocenters. The Morgan fingerprint density at radius 2 is 2.04 bits per heavy atom. The summed E-state index contributed by atoms with van der Waals surface area (Å²) in [6, 6.07) is 4.66. The van der Waals surface area contributed by atoms with Gasteiger partial charge in [-0.3, -0.25) is 14.8 Å². The van der Waals surface area contributed by atoms with Crippen LogP contribution in [0, 0.1) is 5.92 Å². The van der Waals surface area contributed by atoms with Gasteiger partial charge in [-0.15, -0.1) is 0 Å². The molecule has 1 aliphatic heterocycles. The van der Waals surface area contributed by atoms with Crippen LogP contribution in [0.1, 0.15) is 59.2 Å². The van der Waals surface area contributed by atoms with Gasteiger partial charge in [0.05, 0.1) is 12.2 Å². The standard InChI is InChI=1S/C18H24N2O4/c21-17(19-23)14-7-8-15-16(11-14)24-10-4-9-20(18(15)22)12-13-5-2-1-3-6-13/h7-8,11,13,23H,1-6,9-10,12H2,(H,19,21). The monoisotopic (exact) mass is 332 g/mol. The molecular formula is C18H24N2O4. The second kappa shape index (κ2) is 7.66. The van der Waals surface area contributed by atoms with E-state index < -0.39 is 5.91 Å². The number of nitrogens with one attached hydrogen (secondary N) is 1. The first-order chi connectivity index (χ1) is 11.7. The summed E-state index contributed by atoms with van der Waals surface area (Å²) >= 11 is 0. The van der Waals surface area contributed by atoms with Gasteiger partial charge in [-0.05, 0) is 43.4 Å². The van der Waals surface area contributed by atoms with E-state index in [-0.39, 0.29) is 11.5 Å². The Hall–Kier alpha value is -2.08. The number of ether oxygens (including phenoxy) is 1. The summed E-state index contributed by atoms with van der Waals surface area (Å²) in [6.45, 7) is 2.01. The summed E-state index contributed by atoms with van der Waals surface area (Å²) in [5.74, 6) is 0.349. The van der Waals surface area contributed by atoms with Gasteiger partial charge in [-0.1, -0.05) is 19.3 Å². The molecule has 0 aromatic heterocycles. The minimum absolute atomic E-state index is 0.0359. The van der Waals surface area contributed by atoms with Gasteiger partial charge in [0.15, 0.2) is 0 Å². The molecule has 1 heterocycles. The number of hydrogen-bond acceptors (Lipinski definition) is 4. The Morgan fingerprint density at radius 3 is 2.79 bits per heavy atom. The predicted molar refractivity (Wildman–Crippen MR) is 88.3 cm³/mol. The van der Waals surface area contributed by atoms with Crippen LogP contribution in [0.4, 0.5) is 0 Å². The first-order valence-corrected chi connectivity index (χ1v) is 8.69. The number of rotatable bonds is 3. The smallest absolute Gasteiger partial charge is 0.274 e.